The first kappa shape index (κ1) is 11.2. The van der Waals surface area contributed by atoms with Gasteiger partial charge in [0.15, 0.2) is 0 Å². The molecule has 78 valence electrons. The fourth-order valence-corrected chi connectivity index (χ4v) is 1.67. The smallest absolute Gasteiger partial charge is 0.0466 e. The Morgan fingerprint density at radius 3 is 2.36 bits per heavy atom. The van der Waals surface area contributed by atoms with Crippen LogP contribution in [-0.2, 0) is 0 Å². The first-order valence-corrected chi connectivity index (χ1v) is 5.65. The minimum absolute atomic E-state index is 0.584. The maximum Gasteiger partial charge on any atom is 0.0466 e. The molecule has 1 heterocycles. The van der Waals surface area contributed by atoms with Crippen molar-refractivity contribution in [3.8, 4) is 0 Å². The lowest BCUT2D eigenvalue weighted by Crippen LogP contribution is -2.04. The first-order chi connectivity index (χ1) is 6.70. The van der Waals surface area contributed by atoms with Crippen molar-refractivity contribution in [2.45, 2.75) is 52.4 Å². The zero-order chi connectivity index (χ0) is 10.6. The number of hydrogen-bond donors (Lipinski definition) is 0. The highest BCUT2D eigenvalue weighted by atomic mass is 14.7. The third kappa shape index (κ3) is 2.34. The van der Waals surface area contributed by atoms with Crippen LogP contribution in [0.2, 0.25) is 0 Å². The van der Waals surface area contributed by atoms with Gasteiger partial charge >= 0.3 is 0 Å². The van der Waals surface area contributed by atoms with Crippen LogP contribution >= 0.6 is 0 Å². The molecule has 0 bridgehead atoms. The first-order valence-electron chi connectivity index (χ1n) is 5.65. The third-order valence-electron chi connectivity index (χ3n) is 3.09. The summed E-state index contributed by atoms with van der Waals surface area (Å²) in [5, 5.41) is 0. The van der Waals surface area contributed by atoms with E-state index < -0.39 is 0 Å². The molecule has 1 heteroatoms. The van der Waals surface area contributed by atoms with Gasteiger partial charge in [0.1, 0.15) is 0 Å². The van der Waals surface area contributed by atoms with Gasteiger partial charge < -0.3 is 0 Å². The lowest BCUT2D eigenvalue weighted by Gasteiger charge is -2.17. The number of pyridine rings is 1. The summed E-state index contributed by atoms with van der Waals surface area (Å²) in [6.45, 7) is 8.99. The van der Waals surface area contributed by atoms with Crippen molar-refractivity contribution in [3.63, 3.8) is 0 Å². The molecule has 0 aliphatic heterocycles. The van der Waals surface area contributed by atoms with Crippen molar-refractivity contribution in [1.29, 1.82) is 0 Å². The minimum Gasteiger partial charge on any atom is -0.261 e. The van der Waals surface area contributed by atoms with Crippen LogP contribution < -0.4 is 0 Å². The fourth-order valence-electron chi connectivity index (χ4n) is 1.67. The summed E-state index contributed by atoms with van der Waals surface area (Å²) < 4.78 is 0. The van der Waals surface area contributed by atoms with Gasteiger partial charge in [0.05, 0.1) is 0 Å². The normalized spacial score (nSPS) is 15.1. The number of rotatable bonds is 4. The third-order valence-corrected chi connectivity index (χ3v) is 3.09. The summed E-state index contributed by atoms with van der Waals surface area (Å²) in [5.74, 6) is 1.22. The summed E-state index contributed by atoms with van der Waals surface area (Å²) in [6, 6.07) is 4.27. The van der Waals surface area contributed by atoms with Gasteiger partial charge in [-0.15, -0.1) is 0 Å². The Morgan fingerprint density at radius 1 is 1.14 bits per heavy atom. The molecule has 0 radical (unpaired) electrons. The zero-order valence-electron chi connectivity index (χ0n) is 9.75. The van der Waals surface area contributed by atoms with E-state index in [0.717, 1.165) is 0 Å². The second-order valence-electron chi connectivity index (χ2n) is 4.10. The molecule has 14 heavy (non-hydrogen) atoms. The average molecular weight is 191 g/mol. The van der Waals surface area contributed by atoms with E-state index in [4.69, 9.17) is 0 Å². The number of aromatic nitrogens is 1. The van der Waals surface area contributed by atoms with Crippen LogP contribution in [0.25, 0.3) is 0 Å². The van der Waals surface area contributed by atoms with Crippen LogP contribution in [-0.4, -0.2) is 4.98 Å². The Morgan fingerprint density at radius 2 is 1.79 bits per heavy atom. The molecule has 0 saturated heterocycles. The molecule has 1 aromatic rings. The van der Waals surface area contributed by atoms with Gasteiger partial charge in [-0.05, 0) is 36.3 Å². The largest absolute Gasteiger partial charge is 0.261 e. The zero-order valence-corrected chi connectivity index (χ0v) is 9.75. The van der Waals surface area contributed by atoms with E-state index in [2.05, 4.69) is 38.7 Å². The average Bonchev–Trinajstić information content (AvgIpc) is 2.27. The van der Waals surface area contributed by atoms with Crippen molar-refractivity contribution >= 4 is 0 Å². The maximum absolute atomic E-state index is 4.52. The molecule has 1 nitrogen and oxygen atoms in total. The van der Waals surface area contributed by atoms with Crippen LogP contribution in [0.3, 0.4) is 0 Å². The number of nitrogens with zero attached hydrogens (tertiary/aromatic N) is 1. The summed E-state index contributed by atoms with van der Waals surface area (Å²) >= 11 is 0. The minimum atomic E-state index is 0.584. The van der Waals surface area contributed by atoms with E-state index in [-0.39, 0.29) is 0 Å². The molecule has 0 aromatic carbocycles. The van der Waals surface area contributed by atoms with Gasteiger partial charge in [-0.3, -0.25) is 4.98 Å². The number of hydrogen-bond acceptors (Lipinski definition) is 1. The van der Waals surface area contributed by atoms with E-state index in [0.29, 0.717) is 11.8 Å². The van der Waals surface area contributed by atoms with E-state index >= 15 is 0 Å². The lowest BCUT2D eigenvalue weighted by atomic mass is 9.91. The second-order valence-corrected chi connectivity index (χ2v) is 4.10. The standard InChI is InChI=1S/C13H21N/c1-5-10(3)12-8-7-9-14-13(12)11(4)6-2/h7-11H,5-6H2,1-4H3. The van der Waals surface area contributed by atoms with Crippen LogP contribution in [0.15, 0.2) is 18.3 Å². The Bertz CT molecular complexity index is 251. The van der Waals surface area contributed by atoms with Crippen molar-refractivity contribution in [3.05, 3.63) is 29.6 Å². The Kier molecular flexibility index (Phi) is 4.12. The molecule has 1 aromatic heterocycles. The van der Waals surface area contributed by atoms with E-state index in [1.165, 1.54) is 24.1 Å². The topological polar surface area (TPSA) is 12.9 Å². The van der Waals surface area contributed by atoms with Gasteiger partial charge in [0.2, 0.25) is 0 Å². The molecule has 0 N–H and O–H groups in total. The molecule has 0 fully saturated rings. The predicted octanol–water partition coefficient (Wildman–Crippen LogP) is 4.11. The van der Waals surface area contributed by atoms with Gasteiger partial charge in [0.25, 0.3) is 0 Å². The van der Waals surface area contributed by atoms with Crippen molar-refractivity contribution in [2.75, 3.05) is 0 Å². The predicted molar refractivity (Wildman–Crippen MR) is 61.6 cm³/mol. The van der Waals surface area contributed by atoms with Crippen LogP contribution in [0, 0.1) is 0 Å². The SMILES string of the molecule is CCC(C)c1cccnc1C(C)CC. The van der Waals surface area contributed by atoms with E-state index in [1.807, 2.05) is 12.3 Å². The quantitative estimate of drug-likeness (QED) is 0.698. The molecule has 0 saturated carbocycles. The monoisotopic (exact) mass is 191 g/mol. The molecular weight excluding hydrogens is 170 g/mol. The summed E-state index contributed by atoms with van der Waals surface area (Å²) in [6.07, 6.45) is 4.27. The molecule has 2 atom stereocenters. The summed E-state index contributed by atoms with van der Waals surface area (Å²) in [4.78, 5) is 4.52. The molecule has 0 spiro atoms. The van der Waals surface area contributed by atoms with E-state index in [1.54, 1.807) is 0 Å². The highest BCUT2D eigenvalue weighted by Gasteiger charge is 2.13. The molecule has 1 rings (SSSR count). The summed E-state index contributed by atoms with van der Waals surface area (Å²) in [7, 11) is 0. The summed E-state index contributed by atoms with van der Waals surface area (Å²) in [5.41, 5.74) is 2.73. The lowest BCUT2D eigenvalue weighted by molar-refractivity contribution is 0.656. The maximum atomic E-state index is 4.52. The molecule has 0 aliphatic rings. The van der Waals surface area contributed by atoms with Crippen molar-refractivity contribution in [2.24, 2.45) is 0 Å². The van der Waals surface area contributed by atoms with Gasteiger partial charge in [0, 0.05) is 11.9 Å². The molecule has 0 aliphatic carbocycles. The van der Waals surface area contributed by atoms with Crippen LogP contribution in [0.1, 0.15) is 63.6 Å². The van der Waals surface area contributed by atoms with Crippen LogP contribution in [0.5, 0.6) is 0 Å². The second kappa shape index (κ2) is 5.14. The highest BCUT2D eigenvalue weighted by molar-refractivity contribution is 5.26. The Balaban J connectivity index is 3.02. The van der Waals surface area contributed by atoms with Crippen LogP contribution in [0.4, 0.5) is 0 Å². The fraction of sp³-hybridized carbons (Fsp3) is 0.615. The van der Waals surface area contributed by atoms with Gasteiger partial charge in [-0.1, -0.05) is 33.8 Å². The highest BCUT2D eigenvalue weighted by Crippen LogP contribution is 2.27. The van der Waals surface area contributed by atoms with Crippen molar-refractivity contribution < 1.29 is 0 Å². The van der Waals surface area contributed by atoms with E-state index in [9.17, 15) is 0 Å². The molecule has 2 unspecified atom stereocenters. The molecule has 0 amide bonds. The molecular formula is C13H21N. The van der Waals surface area contributed by atoms with Gasteiger partial charge in [-0.2, -0.15) is 0 Å². The van der Waals surface area contributed by atoms with Crippen molar-refractivity contribution in [1.82, 2.24) is 4.98 Å². The van der Waals surface area contributed by atoms with Gasteiger partial charge in [-0.25, -0.2) is 0 Å². The Hall–Kier alpha value is -0.850. The Labute approximate surface area is 87.6 Å².